The zero-order valence-electron chi connectivity index (χ0n) is 14.8. The first-order valence-electron chi connectivity index (χ1n) is 8.62. The van der Waals surface area contributed by atoms with E-state index in [1.807, 2.05) is 18.2 Å². The quantitative estimate of drug-likeness (QED) is 0.745. The third-order valence-corrected chi connectivity index (χ3v) is 4.55. The number of benzene rings is 1. The lowest BCUT2D eigenvalue weighted by Crippen LogP contribution is -2.47. The maximum atomic E-state index is 12.2. The Morgan fingerprint density at radius 3 is 2.33 bits per heavy atom. The summed E-state index contributed by atoms with van der Waals surface area (Å²) >= 11 is 0. The Kier molecular flexibility index (Phi) is 5.65. The molecule has 1 aromatic rings. The van der Waals surface area contributed by atoms with Crippen molar-refractivity contribution in [3.63, 3.8) is 0 Å². The van der Waals surface area contributed by atoms with Crippen molar-refractivity contribution in [1.29, 1.82) is 0 Å². The van der Waals surface area contributed by atoms with Crippen molar-refractivity contribution >= 4 is 17.5 Å². The number of carbonyl (C=O) groups is 2. The number of hydrogen-bond acceptors (Lipinski definition) is 3. The number of amides is 2. The maximum absolute atomic E-state index is 12.2. The fourth-order valence-electron chi connectivity index (χ4n) is 3.14. The molecule has 0 aliphatic heterocycles. The van der Waals surface area contributed by atoms with Crippen LogP contribution in [-0.4, -0.2) is 29.1 Å². The van der Waals surface area contributed by atoms with E-state index in [1.165, 1.54) is 0 Å². The van der Waals surface area contributed by atoms with Crippen molar-refractivity contribution in [2.75, 3.05) is 11.9 Å². The predicted molar refractivity (Wildman–Crippen MR) is 94.8 cm³/mol. The van der Waals surface area contributed by atoms with Crippen LogP contribution in [0.3, 0.4) is 0 Å². The van der Waals surface area contributed by atoms with Gasteiger partial charge in [0.1, 0.15) is 0 Å². The molecule has 5 nitrogen and oxygen atoms in total. The van der Waals surface area contributed by atoms with Gasteiger partial charge in [-0.2, -0.15) is 0 Å². The van der Waals surface area contributed by atoms with E-state index in [0.29, 0.717) is 18.5 Å². The van der Waals surface area contributed by atoms with Gasteiger partial charge in [0.2, 0.25) is 0 Å². The first-order chi connectivity index (χ1) is 11.2. The molecule has 132 valence electrons. The molecule has 5 heteroatoms. The summed E-state index contributed by atoms with van der Waals surface area (Å²) in [5, 5.41) is 15.7. The van der Waals surface area contributed by atoms with Gasteiger partial charge in [0.05, 0.1) is 5.60 Å². The molecule has 0 bridgehead atoms. The fourth-order valence-corrected chi connectivity index (χ4v) is 3.14. The molecule has 0 unspecified atom stereocenters. The number of para-hydroxylation sites is 1. The normalized spacial score (nSPS) is 17.2. The lowest BCUT2D eigenvalue weighted by Gasteiger charge is -2.32. The molecule has 1 aliphatic carbocycles. The molecule has 0 aromatic heterocycles. The maximum Gasteiger partial charge on any atom is 0.313 e. The summed E-state index contributed by atoms with van der Waals surface area (Å²) in [4.78, 5) is 24.2. The van der Waals surface area contributed by atoms with Gasteiger partial charge < -0.3 is 15.7 Å². The molecule has 1 fully saturated rings. The largest absolute Gasteiger partial charge is 0.388 e. The van der Waals surface area contributed by atoms with Gasteiger partial charge in [-0.05, 0) is 29.9 Å². The summed E-state index contributed by atoms with van der Waals surface area (Å²) in [5.41, 5.74) is 0.591. The molecule has 24 heavy (non-hydrogen) atoms. The second-order valence-corrected chi connectivity index (χ2v) is 7.72. The average Bonchev–Trinajstić information content (AvgIpc) is 2.53. The molecule has 2 rings (SSSR count). The Morgan fingerprint density at radius 2 is 1.71 bits per heavy atom. The van der Waals surface area contributed by atoms with Crippen LogP contribution in [0, 0.1) is 0 Å². The third kappa shape index (κ3) is 4.81. The van der Waals surface area contributed by atoms with Crippen molar-refractivity contribution in [1.82, 2.24) is 5.32 Å². The highest BCUT2D eigenvalue weighted by molar-refractivity contribution is 6.39. The molecule has 2 amide bonds. The van der Waals surface area contributed by atoms with E-state index in [-0.39, 0.29) is 12.0 Å². The molecule has 0 saturated heterocycles. The third-order valence-electron chi connectivity index (χ3n) is 4.55. The highest BCUT2D eigenvalue weighted by Crippen LogP contribution is 2.29. The number of rotatable bonds is 3. The van der Waals surface area contributed by atoms with E-state index in [9.17, 15) is 14.7 Å². The Hall–Kier alpha value is -1.88. The van der Waals surface area contributed by atoms with Crippen LogP contribution in [0.2, 0.25) is 0 Å². The Balaban J connectivity index is 1.96. The predicted octanol–water partition coefficient (Wildman–Crippen LogP) is 2.73. The monoisotopic (exact) mass is 332 g/mol. The summed E-state index contributed by atoms with van der Waals surface area (Å²) in [6, 6.07) is 7.47. The molecule has 0 atom stereocenters. The molecular weight excluding hydrogens is 304 g/mol. The van der Waals surface area contributed by atoms with E-state index in [1.54, 1.807) is 6.07 Å². The van der Waals surface area contributed by atoms with Crippen LogP contribution in [0.4, 0.5) is 5.69 Å². The molecule has 1 saturated carbocycles. The molecule has 0 spiro atoms. The molecule has 1 aliphatic rings. The number of aliphatic hydroxyl groups is 1. The number of anilines is 1. The number of carbonyl (C=O) groups excluding carboxylic acids is 2. The van der Waals surface area contributed by atoms with Crippen LogP contribution in [0.15, 0.2) is 24.3 Å². The van der Waals surface area contributed by atoms with Gasteiger partial charge in [-0.1, -0.05) is 58.2 Å². The van der Waals surface area contributed by atoms with Gasteiger partial charge in [0.15, 0.2) is 0 Å². The molecular formula is C19H28N2O3. The lowest BCUT2D eigenvalue weighted by molar-refractivity contribution is -0.137. The van der Waals surface area contributed by atoms with Gasteiger partial charge in [-0.25, -0.2) is 0 Å². The molecule has 1 aromatic carbocycles. The van der Waals surface area contributed by atoms with E-state index in [4.69, 9.17) is 0 Å². The Labute approximate surface area is 143 Å². The second-order valence-electron chi connectivity index (χ2n) is 7.72. The summed E-state index contributed by atoms with van der Waals surface area (Å²) < 4.78 is 0. The summed E-state index contributed by atoms with van der Waals surface area (Å²) in [7, 11) is 0. The van der Waals surface area contributed by atoms with Crippen LogP contribution >= 0.6 is 0 Å². The molecule has 0 radical (unpaired) electrons. The highest BCUT2D eigenvalue weighted by Gasteiger charge is 2.30. The minimum absolute atomic E-state index is 0.125. The first kappa shape index (κ1) is 18.5. The summed E-state index contributed by atoms with van der Waals surface area (Å²) in [6.07, 6.45) is 4.36. The van der Waals surface area contributed by atoms with Crippen LogP contribution in [0.1, 0.15) is 58.4 Å². The fraction of sp³-hybridized carbons (Fsp3) is 0.579. The van der Waals surface area contributed by atoms with E-state index >= 15 is 0 Å². The van der Waals surface area contributed by atoms with Crippen LogP contribution in [-0.2, 0) is 15.0 Å². The molecule has 0 heterocycles. The smallest absolute Gasteiger partial charge is 0.313 e. The van der Waals surface area contributed by atoms with Gasteiger partial charge in [0, 0.05) is 12.2 Å². The minimum Gasteiger partial charge on any atom is -0.388 e. The zero-order valence-corrected chi connectivity index (χ0v) is 14.8. The SMILES string of the molecule is CC(C)(C)c1ccccc1NC(=O)C(=O)NCC1(O)CCCCC1. The van der Waals surface area contributed by atoms with Crippen LogP contribution < -0.4 is 10.6 Å². The van der Waals surface area contributed by atoms with E-state index in [0.717, 1.165) is 24.8 Å². The minimum atomic E-state index is -0.877. The Morgan fingerprint density at radius 1 is 1.08 bits per heavy atom. The van der Waals surface area contributed by atoms with E-state index in [2.05, 4.69) is 31.4 Å². The van der Waals surface area contributed by atoms with Gasteiger partial charge in [-0.3, -0.25) is 9.59 Å². The summed E-state index contributed by atoms with van der Waals surface area (Å²) in [5.74, 6) is -1.41. The van der Waals surface area contributed by atoms with Crippen LogP contribution in [0.25, 0.3) is 0 Å². The van der Waals surface area contributed by atoms with Crippen molar-refractivity contribution in [2.24, 2.45) is 0 Å². The standard InChI is InChI=1S/C19H28N2O3/c1-18(2,3)14-9-5-6-10-15(14)21-17(23)16(22)20-13-19(24)11-7-4-8-12-19/h5-6,9-10,24H,4,7-8,11-13H2,1-3H3,(H,20,22)(H,21,23). The topological polar surface area (TPSA) is 78.4 Å². The second kappa shape index (κ2) is 7.34. The van der Waals surface area contributed by atoms with Gasteiger partial charge >= 0.3 is 11.8 Å². The zero-order chi connectivity index (χ0) is 17.8. The number of nitrogens with one attached hydrogen (secondary N) is 2. The average molecular weight is 332 g/mol. The lowest BCUT2D eigenvalue weighted by atomic mass is 9.85. The van der Waals surface area contributed by atoms with E-state index < -0.39 is 17.4 Å². The van der Waals surface area contributed by atoms with Gasteiger partial charge in [-0.15, -0.1) is 0 Å². The van der Waals surface area contributed by atoms with Crippen LogP contribution in [0.5, 0.6) is 0 Å². The van der Waals surface area contributed by atoms with Crippen molar-refractivity contribution in [3.8, 4) is 0 Å². The highest BCUT2D eigenvalue weighted by atomic mass is 16.3. The van der Waals surface area contributed by atoms with Crippen molar-refractivity contribution in [2.45, 2.75) is 63.9 Å². The Bertz CT molecular complexity index is 599. The van der Waals surface area contributed by atoms with Gasteiger partial charge in [0.25, 0.3) is 0 Å². The number of hydrogen-bond donors (Lipinski definition) is 3. The summed E-state index contributed by atoms with van der Waals surface area (Å²) in [6.45, 7) is 6.28. The van der Waals surface area contributed by atoms with Crippen molar-refractivity contribution in [3.05, 3.63) is 29.8 Å². The first-order valence-corrected chi connectivity index (χ1v) is 8.62. The molecule has 3 N–H and O–H groups in total. The van der Waals surface area contributed by atoms with Crippen molar-refractivity contribution < 1.29 is 14.7 Å².